The third-order valence-corrected chi connectivity index (χ3v) is 3.76. The lowest BCUT2D eigenvalue weighted by Crippen LogP contribution is -2.17. The Hall–Kier alpha value is -0.870. The van der Waals surface area contributed by atoms with Crippen molar-refractivity contribution in [2.75, 3.05) is 13.6 Å². The van der Waals surface area contributed by atoms with Crippen LogP contribution in [0.15, 0.2) is 29.0 Å². The normalized spacial score (nSPS) is 22.0. The number of hydrogen-bond donors (Lipinski definition) is 0. The van der Waals surface area contributed by atoms with Gasteiger partial charge in [0.05, 0.1) is 11.7 Å². The predicted molar refractivity (Wildman–Crippen MR) is 67.5 cm³/mol. The standard InChI is InChI=1S/C12H14BrN3/c1-15-6-2-3-11(15)10-8-16-7-9(13)4-5-12(16)14-10/h4-5,7-8,11H,2-3,6H2,1H3/t11-/m0/s1. The molecule has 0 aromatic carbocycles. The van der Waals surface area contributed by atoms with Crippen LogP contribution in [0.2, 0.25) is 0 Å². The summed E-state index contributed by atoms with van der Waals surface area (Å²) in [6.07, 6.45) is 6.70. The molecule has 1 aliphatic rings. The van der Waals surface area contributed by atoms with Crippen molar-refractivity contribution in [2.24, 2.45) is 0 Å². The third kappa shape index (κ3) is 1.66. The largest absolute Gasteiger partial charge is 0.306 e. The van der Waals surface area contributed by atoms with Gasteiger partial charge in [-0.1, -0.05) is 0 Å². The molecule has 1 fully saturated rings. The first-order valence-electron chi connectivity index (χ1n) is 5.58. The van der Waals surface area contributed by atoms with Crippen LogP contribution in [0.1, 0.15) is 24.6 Å². The first-order chi connectivity index (χ1) is 7.74. The molecule has 2 aromatic heterocycles. The Morgan fingerprint density at radius 3 is 3.00 bits per heavy atom. The molecule has 0 N–H and O–H groups in total. The minimum absolute atomic E-state index is 0.499. The predicted octanol–water partition coefficient (Wildman–Crippen LogP) is 2.86. The third-order valence-electron chi connectivity index (χ3n) is 3.30. The van der Waals surface area contributed by atoms with Crippen molar-refractivity contribution in [1.29, 1.82) is 0 Å². The molecule has 16 heavy (non-hydrogen) atoms. The van der Waals surface area contributed by atoms with Crippen LogP contribution >= 0.6 is 15.9 Å². The molecule has 2 aromatic rings. The molecule has 0 radical (unpaired) electrons. The number of hydrogen-bond acceptors (Lipinski definition) is 2. The van der Waals surface area contributed by atoms with Crippen molar-refractivity contribution in [2.45, 2.75) is 18.9 Å². The Morgan fingerprint density at radius 1 is 1.38 bits per heavy atom. The fourth-order valence-electron chi connectivity index (χ4n) is 2.43. The van der Waals surface area contributed by atoms with Gasteiger partial charge in [-0.15, -0.1) is 0 Å². The summed E-state index contributed by atoms with van der Waals surface area (Å²) in [6.45, 7) is 1.18. The molecule has 1 aliphatic heterocycles. The second-order valence-corrected chi connectivity index (χ2v) is 5.33. The zero-order valence-electron chi connectivity index (χ0n) is 9.23. The van der Waals surface area contributed by atoms with Gasteiger partial charge in [0.15, 0.2) is 0 Å². The number of imidazole rings is 1. The van der Waals surface area contributed by atoms with Gasteiger partial charge >= 0.3 is 0 Å². The second kappa shape index (κ2) is 3.86. The first-order valence-corrected chi connectivity index (χ1v) is 6.38. The van der Waals surface area contributed by atoms with Crippen LogP contribution in [-0.2, 0) is 0 Å². The molecule has 0 saturated carbocycles. The number of likely N-dealkylation sites (tertiary alicyclic amines) is 1. The Kier molecular flexibility index (Phi) is 2.48. The van der Waals surface area contributed by atoms with E-state index in [9.17, 15) is 0 Å². The Morgan fingerprint density at radius 2 is 2.25 bits per heavy atom. The summed E-state index contributed by atoms with van der Waals surface area (Å²) in [6, 6.07) is 4.58. The van der Waals surface area contributed by atoms with Crippen LogP contribution in [0, 0.1) is 0 Å². The average molecular weight is 280 g/mol. The molecule has 0 aliphatic carbocycles. The molecule has 3 nitrogen and oxygen atoms in total. The quantitative estimate of drug-likeness (QED) is 0.800. The van der Waals surface area contributed by atoms with E-state index >= 15 is 0 Å². The van der Waals surface area contributed by atoms with Crippen molar-refractivity contribution in [3.63, 3.8) is 0 Å². The van der Waals surface area contributed by atoms with E-state index in [4.69, 9.17) is 0 Å². The van der Waals surface area contributed by atoms with Gasteiger partial charge in [-0.25, -0.2) is 4.98 Å². The number of halogens is 1. The van der Waals surface area contributed by atoms with Gasteiger partial charge in [-0.2, -0.15) is 0 Å². The lowest BCUT2D eigenvalue weighted by molar-refractivity contribution is 0.313. The van der Waals surface area contributed by atoms with Crippen LogP contribution < -0.4 is 0 Å². The van der Waals surface area contributed by atoms with Gasteiger partial charge in [0.1, 0.15) is 5.65 Å². The van der Waals surface area contributed by atoms with Gasteiger partial charge in [0, 0.05) is 16.9 Å². The summed E-state index contributed by atoms with van der Waals surface area (Å²) in [5, 5.41) is 0. The van der Waals surface area contributed by atoms with Gasteiger partial charge in [-0.3, -0.25) is 4.90 Å². The molecule has 3 rings (SSSR count). The van der Waals surface area contributed by atoms with E-state index in [1.807, 2.05) is 12.1 Å². The van der Waals surface area contributed by atoms with Gasteiger partial charge < -0.3 is 4.40 Å². The molecule has 0 spiro atoms. The van der Waals surface area contributed by atoms with E-state index < -0.39 is 0 Å². The fraction of sp³-hybridized carbons (Fsp3) is 0.417. The maximum Gasteiger partial charge on any atom is 0.137 e. The maximum atomic E-state index is 4.69. The fourth-order valence-corrected chi connectivity index (χ4v) is 2.78. The molecule has 0 amide bonds. The monoisotopic (exact) mass is 279 g/mol. The summed E-state index contributed by atoms with van der Waals surface area (Å²) < 4.78 is 3.18. The highest BCUT2D eigenvalue weighted by atomic mass is 79.9. The van der Waals surface area contributed by atoms with E-state index in [1.54, 1.807) is 0 Å². The van der Waals surface area contributed by atoms with E-state index in [-0.39, 0.29) is 0 Å². The maximum absolute atomic E-state index is 4.69. The summed E-state index contributed by atoms with van der Waals surface area (Å²) in [5.74, 6) is 0. The molecule has 1 atom stereocenters. The van der Waals surface area contributed by atoms with Gasteiger partial charge in [0.2, 0.25) is 0 Å². The van der Waals surface area contributed by atoms with Crippen LogP contribution in [0.5, 0.6) is 0 Å². The highest BCUT2D eigenvalue weighted by Crippen LogP contribution is 2.29. The highest BCUT2D eigenvalue weighted by Gasteiger charge is 2.24. The van der Waals surface area contributed by atoms with Crippen LogP contribution in [0.25, 0.3) is 5.65 Å². The number of rotatable bonds is 1. The Balaban J connectivity index is 2.04. The lowest BCUT2D eigenvalue weighted by atomic mass is 10.2. The van der Waals surface area contributed by atoms with Crippen molar-refractivity contribution in [3.8, 4) is 0 Å². The molecule has 4 heteroatoms. The van der Waals surface area contributed by atoms with Crippen molar-refractivity contribution in [1.82, 2.24) is 14.3 Å². The van der Waals surface area contributed by atoms with Crippen molar-refractivity contribution < 1.29 is 0 Å². The average Bonchev–Trinajstić information content (AvgIpc) is 2.82. The van der Waals surface area contributed by atoms with Gasteiger partial charge in [0.25, 0.3) is 0 Å². The van der Waals surface area contributed by atoms with Crippen LogP contribution in [0.3, 0.4) is 0 Å². The van der Waals surface area contributed by atoms with E-state index in [2.05, 4.69) is 49.7 Å². The summed E-state index contributed by atoms with van der Waals surface area (Å²) >= 11 is 3.48. The second-order valence-electron chi connectivity index (χ2n) is 4.42. The molecule has 84 valence electrons. The lowest BCUT2D eigenvalue weighted by Gasteiger charge is -2.16. The Bertz CT molecular complexity index is 520. The van der Waals surface area contributed by atoms with E-state index in [0.29, 0.717) is 6.04 Å². The zero-order chi connectivity index (χ0) is 11.1. The van der Waals surface area contributed by atoms with Crippen LogP contribution in [0.4, 0.5) is 0 Å². The molecule has 3 heterocycles. The van der Waals surface area contributed by atoms with E-state index in [0.717, 1.165) is 10.1 Å². The topological polar surface area (TPSA) is 20.5 Å². The smallest absolute Gasteiger partial charge is 0.137 e. The van der Waals surface area contributed by atoms with E-state index in [1.165, 1.54) is 25.1 Å². The summed E-state index contributed by atoms with van der Waals surface area (Å²) in [5.41, 5.74) is 2.22. The Labute approximate surface area is 103 Å². The molecule has 1 saturated heterocycles. The zero-order valence-corrected chi connectivity index (χ0v) is 10.8. The number of nitrogens with zero attached hydrogens (tertiary/aromatic N) is 3. The van der Waals surface area contributed by atoms with Crippen molar-refractivity contribution in [3.05, 3.63) is 34.7 Å². The van der Waals surface area contributed by atoms with Crippen LogP contribution in [-0.4, -0.2) is 27.9 Å². The SMILES string of the molecule is CN1CCC[C@H]1c1cn2cc(Br)ccc2n1. The summed E-state index contributed by atoms with van der Waals surface area (Å²) in [7, 11) is 2.18. The molecule has 0 unspecified atom stereocenters. The number of aromatic nitrogens is 2. The number of pyridine rings is 1. The van der Waals surface area contributed by atoms with Gasteiger partial charge in [-0.05, 0) is 54.5 Å². The molecular formula is C12H14BrN3. The minimum atomic E-state index is 0.499. The first kappa shape index (κ1) is 10.3. The molecule has 0 bridgehead atoms. The number of fused-ring (bicyclic) bond motifs is 1. The van der Waals surface area contributed by atoms with Crippen molar-refractivity contribution >= 4 is 21.6 Å². The summed E-state index contributed by atoms with van der Waals surface area (Å²) in [4.78, 5) is 7.07. The minimum Gasteiger partial charge on any atom is -0.306 e. The highest BCUT2D eigenvalue weighted by molar-refractivity contribution is 9.10. The molecular weight excluding hydrogens is 266 g/mol.